The van der Waals surface area contributed by atoms with Crippen molar-refractivity contribution in [3.05, 3.63) is 35.9 Å². The molecule has 6 heteroatoms. The van der Waals surface area contributed by atoms with E-state index < -0.39 is 23.7 Å². The van der Waals surface area contributed by atoms with E-state index in [1.54, 1.807) is 0 Å². The molecule has 26 heavy (non-hydrogen) atoms. The van der Waals surface area contributed by atoms with Gasteiger partial charge in [0.05, 0.1) is 7.11 Å². The minimum atomic E-state index is -0.651. The van der Waals surface area contributed by atoms with Crippen LogP contribution >= 0.6 is 0 Å². The lowest BCUT2D eigenvalue weighted by molar-refractivity contribution is -0.149. The molecule has 0 unspecified atom stereocenters. The van der Waals surface area contributed by atoms with Gasteiger partial charge < -0.3 is 9.47 Å². The molecule has 1 atom stereocenters. The Morgan fingerprint density at radius 3 is 2.27 bits per heavy atom. The number of hydrogen-bond acceptors (Lipinski definition) is 5. The van der Waals surface area contributed by atoms with Gasteiger partial charge in [-0.2, -0.15) is 0 Å². The van der Waals surface area contributed by atoms with E-state index in [1.807, 2.05) is 65.0 Å². The zero-order valence-electron chi connectivity index (χ0n) is 16.8. The quantitative estimate of drug-likeness (QED) is 0.770. The number of hydrogen-bond donors (Lipinski definition) is 0. The third-order valence-corrected chi connectivity index (χ3v) is 3.81. The molecule has 146 valence electrons. The molecule has 1 fully saturated rings. The smallest absolute Gasteiger partial charge is 0.411 e. The predicted molar refractivity (Wildman–Crippen MR) is 102 cm³/mol. The number of rotatable bonds is 3. The van der Waals surface area contributed by atoms with Crippen LogP contribution in [0.15, 0.2) is 30.3 Å². The summed E-state index contributed by atoms with van der Waals surface area (Å²) in [4.78, 5) is 28.2. The number of amides is 1. The lowest BCUT2D eigenvalue weighted by atomic mass is 10.1. The molecular formula is C20H32N2O4. The second-order valence-corrected chi connectivity index (χ2v) is 6.93. The normalized spacial score (nSPS) is 17.8. The Balaban J connectivity index is 0.00000163. The molecular weight excluding hydrogens is 332 g/mol. The number of esters is 1. The van der Waals surface area contributed by atoms with Crippen LogP contribution in [0.2, 0.25) is 0 Å². The van der Waals surface area contributed by atoms with E-state index >= 15 is 0 Å². The van der Waals surface area contributed by atoms with Crippen molar-refractivity contribution in [3.63, 3.8) is 0 Å². The van der Waals surface area contributed by atoms with Crippen molar-refractivity contribution in [1.29, 1.82) is 0 Å². The first-order valence-corrected chi connectivity index (χ1v) is 9.14. The zero-order valence-corrected chi connectivity index (χ0v) is 16.8. The van der Waals surface area contributed by atoms with Crippen molar-refractivity contribution in [1.82, 2.24) is 9.80 Å². The molecule has 2 rings (SSSR count). The fraction of sp³-hybridized carbons (Fsp3) is 0.600. The Hall–Kier alpha value is -2.08. The average molecular weight is 364 g/mol. The molecule has 1 aliphatic heterocycles. The lowest BCUT2D eigenvalue weighted by Crippen LogP contribution is -2.59. The second kappa shape index (κ2) is 10.2. The Morgan fingerprint density at radius 1 is 1.12 bits per heavy atom. The number of carbonyl (C=O) groups is 2. The first-order chi connectivity index (χ1) is 12.3. The van der Waals surface area contributed by atoms with Gasteiger partial charge in [0.15, 0.2) is 0 Å². The van der Waals surface area contributed by atoms with Gasteiger partial charge >= 0.3 is 12.1 Å². The number of carbonyl (C=O) groups excluding carboxylic acids is 2. The van der Waals surface area contributed by atoms with Gasteiger partial charge in [-0.15, -0.1) is 0 Å². The van der Waals surface area contributed by atoms with Crippen LogP contribution < -0.4 is 0 Å². The fourth-order valence-electron chi connectivity index (χ4n) is 2.70. The maximum absolute atomic E-state index is 12.4. The van der Waals surface area contributed by atoms with Crippen LogP contribution in [0.1, 0.15) is 40.2 Å². The van der Waals surface area contributed by atoms with E-state index in [1.165, 1.54) is 17.6 Å². The van der Waals surface area contributed by atoms with Crippen LogP contribution in [0.5, 0.6) is 0 Å². The maximum Gasteiger partial charge on any atom is 0.411 e. The summed E-state index contributed by atoms with van der Waals surface area (Å²) in [7, 11) is 1.34. The molecule has 0 saturated carbocycles. The largest absolute Gasteiger partial charge is 0.467 e. The lowest BCUT2D eigenvalue weighted by Gasteiger charge is -2.40. The van der Waals surface area contributed by atoms with E-state index in [-0.39, 0.29) is 0 Å². The first kappa shape index (κ1) is 22.0. The molecule has 0 radical (unpaired) electrons. The van der Waals surface area contributed by atoms with Crippen molar-refractivity contribution in [3.8, 4) is 0 Å². The number of nitrogens with zero attached hydrogens (tertiary/aromatic N) is 2. The summed E-state index contributed by atoms with van der Waals surface area (Å²) in [6.45, 7) is 11.7. The SMILES string of the molecule is CC.COC(=O)[C@@H]1CN(Cc2ccccc2)CCN1C(=O)OC(C)(C)C. The average Bonchev–Trinajstić information content (AvgIpc) is 2.62. The Morgan fingerprint density at radius 2 is 1.73 bits per heavy atom. The topological polar surface area (TPSA) is 59.1 Å². The maximum atomic E-state index is 12.4. The van der Waals surface area contributed by atoms with E-state index in [0.717, 1.165) is 6.54 Å². The van der Waals surface area contributed by atoms with Crippen molar-refractivity contribution in [2.75, 3.05) is 26.7 Å². The summed E-state index contributed by atoms with van der Waals surface area (Å²) in [6, 6.07) is 9.40. The van der Waals surface area contributed by atoms with E-state index in [2.05, 4.69) is 4.90 Å². The Kier molecular flexibility index (Phi) is 8.58. The molecule has 0 aliphatic carbocycles. The molecule has 1 aliphatic rings. The molecule has 0 bridgehead atoms. The van der Waals surface area contributed by atoms with Gasteiger partial charge in [0.1, 0.15) is 11.6 Å². The highest BCUT2D eigenvalue weighted by atomic mass is 16.6. The van der Waals surface area contributed by atoms with Crippen molar-refractivity contribution >= 4 is 12.1 Å². The number of piperazine rings is 1. The summed E-state index contributed by atoms with van der Waals surface area (Å²) < 4.78 is 10.3. The minimum absolute atomic E-state index is 0.418. The molecule has 6 nitrogen and oxygen atoms in total. The highest BCUT2D eigenvalue weighted by molar-refractivity contribution is 5.82. The Bertz CT molecular complexity index is 569. The molecule has 1 amide bonds. The second-order valence-electron chi connectivity index (χ2n) is 6.93. The highest BCUT2D eigenvalue weighted by Crippen LogP contribution is 2.18. The van der Waals surface area contributed by atoms with E-state index in [4.69, 9.17) is 9.47 Å². The summed E-state index contributed by atoms with van der Waals surface area (Å²) in [5.41, 5.74) is 0.575. The molecule has 0 N–H and O–H groups in total. The van der Waals surface area contributed by atoms with Crippen LogP contribution in [0, 0.1) is 0 Å². The van der Waals surface area contributed by atoms with Crippen molar-refractivity contribution < 1.29 is 19.1 Å². The number of benzene rings is 1. The molecule has 0 spiro atoms. The van der Waals surface area contributed by atoms with E-state index in [9.17, 15) is 9.59 Å². The zero-order chi connectivity index (χ0) is 19.7. The van der Waals surface area contributed by atoms with Crippen LogP contribution in [-0.4, -0.2) is 60.2 Å². The van der Waals surface area contributed by atoms with Crippen LogP contribution in [0.3, 0.4) is 0 Å². The standard InChI is InChI=1S/C18H26N2O4.C2H6/c1-18(2,3)24-17(22)20-11-10-19(13-15(20)16(21)23-4)12-14-8-6-5-7-9-14;1-2/h5-9,15H,10-13H2,1-4H3;1-2H3/t15-;/m0./s1. The van der Waals surface area contributed by atoms with Gasteiger partial charge in [0.2, 0.25) is 0 Å². The molecule has 1 aromatic rings. The summed E-state index contributed by atoms with van der Waals surface area (Å²) in [5.74, 6) is -0.418. The van der Waals surface area contributed by atoms with Gasteiger partial charge in [-0.25, -0.2) is 9.59 Å². The van der Waals surface area contributed by atoms with Gasteiger partial charge in [-0.1, -0.05) is 44.2 Å². The monoisotopic (exact) mass is 364 g/mol. The molecule has 0 aromatic heterocycles. The van der Waals surface area contributed by atoms with Crippen LogP contribution in [-0.2, 0) is 20.8 Å². The van der Waals surface area contributed by atoms with Crippen molar-refractivity contribution in [2.24, 2.45) is 0 Å². The molecule has 1 aromatic carbocycles. The number of ether oxygens (including phenoxy) is 2. The summed E-state index contributed by atoms with van der Waals surface area (Å²) >= 11 is 0. The van der Waals surface area contributed by atoms with Crippen LogP contribution in [0.4, 0.5) is 4.79 Å². The summed E-state index contributed by atoms with van der Waals surface area (Å²) in [5, 5.41) is 0. The third kappa shape index (κ3) is 6.67. The van der Waals surface area contributed by atoms with Gasteiger partial charge in [0.25, 0.3) is 0 Å². The predicted octanol–water partition coefficient (Wildman–Crippen LogP) is 3.31. The molecule has 1 saturated heterocycles. The van der Waals surface area contributed by atoms with Gasteiger partial charge in [-0.3, -0.25) is 9.80 Å². The third-order valence-electron chi connectivity index (χ3n) is 3.81. The Labute approximate surface area is 157 Å². The van der Waals surface area contributed by atoms with Crippen molar-refractivity contribution in [2.45, 2.75) is 52.8 Å². The molecule has 1 heterocycles. The first-order valence-electron chi connectivity index (χ1n) is 9.14. The fourth-order valence-corrected chi connectivity index (χ4v) is 2.70. The van der Waals surface area contributed by atoms with Gasteiger partial charge in [0, 0.05) is 26.2 Å². The van der Waals surface area contributed by atoms with Crippen LogP contribution in [0.25, 0.3) is 0 Å². The van der Waals surface area contributed by atoms with Gasteiger partial charge in [-0.05, 0) is 26.3 Å². The van der Waals surface area contributed by atoms with E-state index in [0.29, 0.717) is 19.6 Å². The summed E-state index contributed by atoms with van der Waals surface area (Å²) in [6.07, 6.45) is -0.475. The number of methoxy groups -OCH3 is 1. The minimum Gasteiger partial charge on any atom is -0.467 e. The highest BCUT2D eigenvalue weighted by Gasteiger charge is 2.38.